The highest BCUT2D eigenvalue weighted by molar-refractivity contribution is 7.89. The molecule has 0 unspecified atom stereocenters. The zero-order chi connectivity index (χ0) is 13.6. The van der Waals surface area contributed by atoms with Gasteiger partial charge in [0.25, 0.3) is 5.69 Å². The second kappa shape index (κ2) is 6.43. The Morgan fingerprint density at radius 1 is 1.33 bits per heavy atom. The van der Waals surface area contributed by atoms with Gasteiger partial charge in [-0.15, -0.1) is 0 Å². The molecule has 2 N–H and O–H groups in total. The van der Waals surface area contributed by atoms with E-state index in [1.807, 2.05) is 6.92 Å². The lowest BCUT2D eigenvalue weighted by molar-refractivity contribution is -0.385. The van der Waals surface area contributed by atoms with Gasteiger partial charge in [-0.25, -0.2) is 13.1 Å². The van der Waals surface area contributed by atoms with Gasteiger partial charge in [0.1, 0.15) is 0 Å². The van der Waals surface area contributed by atoms with Crippen LogP contribution in [-0.2, 0) is 10.0 Å². The molecule has 18 heavy (non-hydrogen) atoms. The van der Waals surface area contributed by atoms with E-state index in [0.717, 1.165) is 12.6 Å². The van der Waals surface area contributed by atoms with E-state index in [4.69, 9.17) is 0 Å². The molecule has 0 aliphatic heterocycles. The van der Waals surface area contributed by atoms with Crippen LogP contribution >= 0.6 is 0 Å². The minimum absolute atomic E-state index is 0.104. The molecule has 100 valence electrons. The van der Waals surface area contributed by atoms with Crippen molar-refractivity contribution in [2.75, 3.05) is 19.6 Å². The van der Waals surface area contributed by atoms with Crippen LogP contribution in [-0.4, -0.2) is 33.0 Å². The number of hydrogen-bond acceptors (Lipinski definition) is 5. The van der Waals surface area contributed by atoms with Crippen LogP contribution in [0.1, 0.15) is 6.92 Å². The first kappa shape index (κ1) is 14.6. The second-order valence-corrected chi connectivity index (χ2v) is 5.27. The number of sulfonamides is 1. The van der Waals surface area contributed by atoms with Crippen LogP contribution in [0, 0.1) is 10.1 Å². The molecule has 0 aromatic heterocycles. The molecule has 0 saturated carbocycles. The molecule has 1 aromatic rings. The highest BCUT2D eigenvalue weighted by Crippen LogP contribution is 2.16. The topological polar surface area (TPSA) is 101 Å². The summed E-state index contributed by atoms with van der Waals surface area (Å²) in [5, 5.41) is 13.5. The number of non-ortho nitro benzene ring substituents is 1. The smallest absolute Gasteiger partial charge is 0.270 e. The van der Waals surface area contributed by atoms with Crippen molar-refractivity contribution in [2.45, 2.75) is 11.8 Å². The van der Waals surface area contributed by atoms with Crippen LogP contribution in [0.3, 0.4) is 0 Å². The minimum Gasteiger partial charge on any atom is -0.316 e. The molecular weight excluding hydrogens is 258 g/mol. The molecule has 1 aromatic carbocycles. The molecule has 0 saturated heterocycles. The number of hydrogen-bond donors (Lipinski definition) is 2. The molecule has 0 heterocycles. The van der Waals surface area contributed by atoms with E-state index in [2.05, 4.69) is 10.0 Å². The summed E-state index contributed by atoms with van der Waals surface area (Å²) in [4.78, 5) is 9.83. The van der Waals surface area contributed by atoms with Crippen LogP contribution in [0.5, 0.6) is 0 Å². The van der Waals surface area contributed by atoms with E-state index in [9.17, 15) is 18.5 Å². The molecule has 7 nitrogen and oxygen atoms in total. The van der Waals surface area contributed by atoms with E-state index < -0.39 is 14.9 Å². The van der Waals surface area contributed by atoms with Crippen molar-refractivity contribution in [3.8, 4) is 0 Å². The van der Waals surface area contributed by atoms with Gasteiger partial charge in [0, 0.05) is 25.2 Å². The highest BCUT2D eigenvalue weighted by atomic mass is 32.2. The summed E-state index contributed by atoms with van der Waals surface area (Å²) in [6.45, 7) is 3.40. The van der Waals surface area contributed by atoms with E-state index in [0.29, 0.717) is 6.54 Å². The van der Waals surface area contributed by atoms with Gasteiger partial charge in [-0.2, -0.15) is 0 Å². The lowest BCUT2D eigenvalue weighted by Crippen LogP contribution is -2.31. The van der Waals surface area contributed by atoms with E-state index in [1.54, 1.807) is 0 Å². The number of nitro benzene ring substituents is 1. The number of rotatable bonds is 7. The van der Waals surface area contributed by atoms with Gasteiger partial charge in [0.2, 0.25) is 10.0 Å². The third kappa shape index (κ3) is 4.06. The average molecular weight is 273 g/mol. The summed E-state index contributed by atoms with van der Waals surface area (Å²) in [5.41, 5.74) is -0.246. The van der Waals surface area contributed by atoms with Crippen molar-refractivity contribution in [3.63, 3.8) is 0 Å². The predicted octanol–water partition coefficient (Wildman–Crippen LogP) is 0.483. The quantitative estimate of drug-likeness (QED) is 0.427. The first-order chi connectivity index (χ1) is 8.47. The molecule has 0 spiro atoms. The van der Waals surface area contributed by atoms with Crippen molar-refractivity contribution in [2.24, 2.45) is 0 Å². The normalized spacial score (nSPS) is 11.4. The Hall–Kier alpha value is -1.51. The largest absolute Gasteiger partial charge is 0.316 e. The summed E-state index contributed by atoms with van der Waals surface area (Å²) in [7, 11) is -3.69. The van der Waals surface area contributed by atoms with Gasteiger partial charge in [-0.3, -0.25) is 10.1 Å². The lowest BCUT2D eigenvalue weighted by Gasteiger charge is -2.06. The third-order valence-corrected chi connectivity index (χ3v) is 3.64. The Kier molecular flexibility index (Phi) is 5.20. The van der Waals surface area contributed by atoms with Gasteiger partial charge in [-0.05, 0) is 12.6 Å². The molecule has 0 bridgehead atoms. The molecule has 8 heteroatoms. The highest BCUT2D eigenvalue weighted by Gasteiger charge is 2.16. The Labute approximate surface area is 105 Å². The van der Waals surface area contributed by atoms with Crippen molar-refractivity contribution in [3.05, 3.63) is 34.4 Å². The maximum atomic E-state index is 11.8. The van der Waals surface area contributed by atoms with Crippen molar-refractivity contribution in [1.29, 1.82) is 0 Å². The summed E-state index contributed by atoms with van der Waals surface area (Å²) >= 11 is 0. The molecule has 0 aliphatic rings. The van der Waals surface area contributed by atoms with Gasteiger partial charge < -0.3 is 5.32 Å². The van der Waals surface area contributed by atoms with Crippen LogP contribution < -0.4 is 10.0 Å². The van der Waals surface area contributed by atoms with Crippen LogP contribution in [0.4, 0.5) is 5.69 Å². The van der Waals surface area contributed by atoms with Crippen LogP contribution in [0.25, 0.3) is 0 Å². The zero-order valence-electron chi connectivity index (χ0n) is 9.92. The van der Waals surface area contributed by atoms with Gasteiger partial charge >= 0.3 is 0 Å². The van der Waals surface area contributed by atoms with E-state index in [1.165, 1.54) is 18.2 Å². The number of nitro groups is 1. The first-order valence-corrected chi connectivity index (χ1v) is 6.90. The molecule has 0 atom stereocenters. The predicted molar refractivity (Wildman–Crippen MR) is 66.8 cm³/mol. The Balaban J connectivity index is 2.78. The van der Waals surface area contributed by atoms with Crippen molar-refractivity contribution in [1.82, 2.24) is 10.0 Å². The summed E-state index contributed by atoms with van der Waals surface area (Å²) in [6.07, 6.45) is 0. The number of benzene rings is 1. The fourth-order valence-corrected chi connectivity index (χ4v) is 2.37. The van der Waals surface area contributed by atoms with E-state index >= 15 is 0 Å². The fourth-order valence-electron chi connectivity index (χ4n) is 1.30. The molecule has 0 aliphatic carbocycles. The van der Waals surface area contributed by atoms with Crippen molar-refractivity contribution >= 4 is 15.7 Å². The number of nitrogens with zero attached hydrogens (tertiary/aromatic N) is 1. The van der Waals surface area contributed by atoms with Gasteiger partial charge in [0.05, 0.1) is 9.82 Å². The first-order valence-electron chi connectivity index (χ1n) is 5.42. The van der Waals surface area contributed by atoms with Crippen molar-refractivity contribution < 1.29 is 13.3 Å². The zero-order valence-corrected chi connectivity index (χ0v) is 10.7. The van der Waals surface area contributed by atoms with Gasteiger partial charge in [-0.1, -0.05) is 13.0 Å². The number of likely N-dealkylation sites (N-methyl/N-ethyl adjacent to an activating group) is 1. The minimum atomic E-state index is -3.69. The summed E-state index contributed by atoms with van der Waals surface area (Å²) in [6, 6.07) is 4.95. The molecule has 0 amide bonds. The number of nitrogens with one attached hydrogen (secondary N) is 2. The summed E-state index contributed by atoms with van der Waals surface area (Å²) < 4.78 is 26.0. The molecule has 1 rings (SSSR count). The Bertz CT molecular complexity index is 516. The fraction of sp³-hybridized carbons (Fsp3) is 0.400. The molecular formula is C10H15N3O4S. The Morgan fingerprint density at radius 2 is 2.06 bits per heavy atom. The van der Waals surface area contributed by atoms with Crippen LogP contribution in [0.15, 0.2) is 29.2 Å². The Morgan fingerprint density at radius 3 is 2.67 bits per heavy atom. The molecule has 0 fully saturated rings. The lowest BCUT2D eigenvalue weighted by atomic mass is 10.3. The van der Waals surface area contributed by atoms with Gasteiger partial charge in [0.15, 0.2) is 0 Å². The standard InChI is InChI=1S/C10H15N3O4S/c1-2-11-6-7-12-18(16,17)10-5-3-4-9(8-10)13(14)15/h3-5,8,11-12H,2,6-7H2,1H3. The second-order valence-electron chi connectivity index (χ2n) is 3.51. The average Bonchev–Trinajstić information content (AvgIpc) is 2.35. The molecule has 0 radical (unpaired) electrons. The SMILES string of the molecule is CCNCCNS(=O)(=O)c1cccc([N+](=O)[O-])c1. The summed E-state index contributed by atoms with van der Waals surface area (Å²) in [5.74, 6) is 0. The third-order valence-electron chi connectivity index (χ3n) is 2.18. The van der Waals surface area contributed by atoms with E-state index in [-0.39, 0.29) is 17.1 Å². The monoisotopic (exact) mass is 273 g/mol. The van der Waals surface area contributed by atoms with Crippen LogP contribution in [0.2, 0.25) is 0 Å². The maximum absolute atomic E-state index is 11.8. The maximum Gasteiger partial charge on any atom is 0.270 e.